The number of nitrogens with zero attached hydrogens (tertiary/aromatic N) is 2. The smallest absolute Gasteiger partial charge is 0.0560 e. The van der Waals surface area contributed by atoms with Gasteiger partial charge in [-0.2, -0.15) is 5.10 Å². The van der Waals surface area contributed by atoms with Crippen molar-refractivity contribution in [3.63, 3.8) is 0 Å². The summed E-state index contributed by atoms with van der Waals surface area (Å²) in [6, 6.07) is 2.21. The highest BCUT2D eigenvalue weighted by Gasteiger charge is 2.02. The van der Waals surface area contributed by atoms with Crippen molar-refractivity contribution >= 4 is 23.2 Å². The van der Waals surface area contributed by atoms with Crippen molar-refractivity contribution in [2.24, 2.45) is 0 Å². The largest absolute Gasteiger partial charge is 0.307 e. The van der Waals surface area contributed by atoms with Gasteiger partial charge in [0.1, 0.15) is 0 Å². The van der Waals surface area contributed by atoms with E-state index in [1.54, 1.807) is 6.20 Å². The Balaban J connectivity index is 2.26. The lowest BCUT2D eigenvalue weighted by Crippen LogP contribution is -2.31. The molecule has 0 bridgehead atoms. The van der Waals surface area contributed by atoms with Crippen LogP contribution in [0.4, 0.5) is 0 Å². The third-order valence-corrected chi connectivity index (χ3v) is 2.38. The Morgan fingerprint density at radius 3 is 3.07 bits per heavy atom. The molecular formula is C9H13Cl2N3. The van der Waals surface area contributed by atoms with Crippen LogP contribution in [0.25, 0.3) is 0 Å². The van der Waals surface area contributed by atoms with E-state index in [2.05, 4.69) is 17.3 Å². The van der Waals surface area contributed by atoms with E-state index in [4.69, 9.17) is 23.2 Å². The zero-order chi connectivity index (χ0) is 10.4. The van der Waals surface area contributed by atoms with E-state index in [1.807, 2.05) is 16.9 Å². The molecule has 1 rings (SSSR count). The van der Waals surface area contributed by atoms with Crippen LogP contribution in [0.5, 0.6) is 0 Å². The van der Waals surface area contributed by atoms with Gasteiger partial charge in [-0.05, 0) is 13.0 Å². The van der Waals surface area contributed by atoms with Gasteiger partial charge in [0.25, 0.3) is 0 Å². The maximum absolute atomic E-state index is 5.74. The molecule has 0 aliphatic heterocycles. The normalized spacial score (nSPS) is 14.4. The van der Waals surface area contributed by atoms with Gasteiger partial charge in [-0.15, -0.1) is 0 Å². The van der Waals surface area contributed by atoms with E-state index in [1.165, 1.54) is 5.54 Å². The van der Waals surface area contributed by atoms with Crippen molar-refractivity contribution in [3.05, 3.63) is 29.0 Å². The molecule has 1 aromatic rings. The predicted molar refractivity (Wildman–Crippen MR) is 59.5 cm³/mol. The van der Waals surface area contributed by atoms with Gasteiger partial charge in [-0.25, -0.2) is 0 Å². The summed E-state index contributed by atoms with van der Waals surface area (Å²) in [4.78, 5) is 0. The molecule has 5 heteroatoms. The van der Waals surface area contributed by atoms with E-state index in [-0.39, 0.29) is 0 Å². The zero-order valence-corrected chi connectivity index (χ0v) is 9.46. The fraction of sp³-hybridized carbons (Fsp3) is 0.444. The summed E-state index contributed by atoms with van der Waals surface area (Å²) in [7, 11) is 0. The van der Waals surface area contributed by atoms with E-state index >= 15 is 0 Å². The van der Waals surface area contributed by atoms with Crippen LogP contribution >= 0.6 is 23.2 Å². The van der Waals surface area contributed by atoms with Crippen molar-refractivity contribution < 1.29 is 0 Å². The highest BCUT2D eigenvalue weighted by atomic mass is 35.5. The molecule has 0 aromatic carbocycles. The average molecular weight is 234 g/mol. The molecule has 0 fully saturated rings. The highest BCUT2D eigenvalue weighted by Crippen LogP contribution is 2.01. The van der Waals surface area contributed by atoms with Gasteiger partial charge in [-0.1, -0.05) is 23.2 Å². The maximum atomic E-state index is 5.74. The molecule has 1 atom stereocenters. The molecule has 0 saturated carbocycles. The van der Waals surface area contributed by atoms with Crippen molar-refractivity contribution in [1.29, 1.82) is 0 Å². The number of aromatic nitrogens is 2. The number of halogens is 2. The van der Waals surface area contributed by atoms with E-state index < -0.39 is 0 Å². The van der Waals surface area contributed by atoms with Gasteiger partial charge >= 0.3 is 0 Å². The van der Waals surface area contributed by atoms with Crippen molar-refractivity contribution in [3.8, 4) is 0 Å². The minimum absolute atomic E-state index is 0.306. The van der Waals surface area contributed by atoms with Gasteiger partial charge in [0, 0.05) is 35.5 Å². The minimum atomic E-state index is 0.306. The molecule has 1 heterocycles. The fourth-order valence-electron chi connectivity index (χ4n) is 1.06. The van der Waals surface area contributed by atoms with Crippen LogP contribution in [0, 0.1) is 0 Å². The summed E-state index contributed by atoms with van der Waals surface area (Å²) >= 11 is 11.2. The van der Waals surface area contributed by atoms with E-state index in [9.17, 15) is 0 Å². The van der Waals surface area contributed by atoms with Gasteiger partial charge in [0.2, 0.25) is 0 Å². The summed E-state index contributed by atoms with van der Waals surface area (Å²) in [6.45, 7) is 3.48. The van der Waals surface area contributed by atoms with Gasteiger partial charge in [-0.3, -0.25) is 4.68 Å². The predicted octanol–water partition coefficient (Wildman–Crippen LogP) is 2.18. The molecule has 0 aliphatic carbocycles. The Labute approximate surface area is 93.7 Å². The summed E-state index contributed by atoms with van der Waals surface area (Å²) in [5.41, 5.74) is 1.37. The van der Waals surface area contributed by atoms with Crippen molar-refractivity contribution in [2.45, 2.75) is 19.5 Å². The molecule has 1 unspecified atom stereocenters. The van der Waals surface area contributed by atoms with Crippen molar-refractivity contribution in [2.75, 3.05) is 6.54 Å². The van der Waals surface area contributed by atoms with Crippen LogP contribution in [-0.2, 0) is 6.54 Å². The summed E-state index contributed by atoms with van der Waals surface area (Å²) in [5, 5.41) is 7.94. The van der Waals surface area contributed by atoms with Gasteiger partial charge < -0.3 is 5.32 Å². The quantitative estimate of drug-likeness (QED) is 0.846. The van der Waals surface area contributed by atoms with Crippen LogP contribution in [0.1, 0.15) is 6.92 Å². The number of rotatable bonds is 5. The monoisotopic (exact) mass is 233 g/mol. The lowest BCUT2D eigenvalue weighted by atomic mass is 10.3. The first kappa shape index (κ1) is 11.6. The SMILES string of the molecule is CC(Cn1cccn1)NCC(Cl)=CCl. The molecule has 3 nitrogen and oxygen atoms in total. The molecule has 78 valence electrons. The zero-order valence-electron chi connectivity index (χ0n) is 7.95. The number of hydrogen-bond acceptors (Lipinski definition) is 2. The van der Waals surface area contributed by atoms with Gasteiger partial charge in [0.15, 0.2) is 0 Å². The Kier molecular flexibility index (Phi) is 5.01. The maximum Gasteiger partial charge on any atom is 0.0560 e. The minimum Gasteiger partial charge on any atom is -0.307 e. The summed E-state index contributed by atoms with van der Waals surface area (Å²) < 4.78 is 1.87. The first-order valence-corrected chi connectivity index (χ1v) is 5.19. The lowest BCUT2D eigenvalue weighted by molar-refractivity contribution is 0.467. The Hall–Kier alpha value is -0.510. The van der Waals surface area contributed by atoms with E-state index in [0.29, 0.717) is 17.6 Å². The van der Waals surface area contributed by atoms with E-state index in [0.717, 1.165) is 6.54 Å². The van der Waals surface area contributed by atoms with Crippen molar-refractivity contribution in [1.82, 2.24) is 15.1 Å². The van der Waals surface area contributed by atoms with Crippen LogP contribution in [0.15, 0.2) is 29.0 Å². The number of hydrogen-bond donors (Lipinski definition) is 1. The fourth-order valence-corrected chi connectivity index (χ4v) is 1.22. The molecule has 0 amide bonds. The Morgan fingerprint density at radius 2 is 2.50 bits per heavy atom. The first-order chi connectivity index (χ1) is 6.72. The average Bonchev–Trinajstić information content (AvgIpc) is 2.66. The molecule has 0 aliphatic rings. The van der Waals surface area contributed by atoms with Gasteiger partial charge in [0.05, 0.1) is 6.54 Å². The van der Waals surface area contributed by atoms with Crippen LogP contribution in [0.3, 0.4) is 0 Å². The second-order valence-corrected chi connectivity index (χ2v) is 3.77. The van der Waals surface area contributed by atoms with Crippen LogP contribution < -0.4 is 5.32 Å². The second kappa shape index (κ2) is 6.06. The first-order valence-electron chi connectivity index (χ1n) is 4.38. The topological polar surface area (TPSA) is 29.9 Å². The third-order valence-electron chi connectivity index (χ3n) is 1.76. The molecular weight excluding hydrogens is 221 g/mol. The Bertz CT molecular complexity index is 282. The third kappa shape index (κ3) is 4.13. The highest BCUT2D eigenvalue weighted by molar-refractivity contribution is 6.36. The standard InChI is InChI=1S/C9H13Cl2N3/c1-8(12-6-9(11)5-10)7-14-4-2-3-13-14/h2-5,8,12H,6-7H2,1H3. The number of nitrogens with one attached hydrogen (secondary N) is 1. The lowest BCUT2D eigenvalue weighted by Gasteiger charge is -2.12. The second-order valence-electron chi connectivity index (χ2n) is 3.07. The summed E-state index contributed by atoms with van der Waals surface area (Å²) in [6.07, 6.45) is 3.69. The van der Waals surface area contributed by atoms with Crippen LogP contribution in [-0.4, -0.2) is 22.4 Å². The van der Waals surface area contributed by atoms with Crippen LogP contribution in [0.2, 0.25) is 0 Å². The molecule has 1 N–H and O–H groups in total. The molecule has 1 aromatic heterocycles. The molecule has 0 radical (unpaired) electrons. The molecule has 0 saturated heterocycles. The summed E-state index contributed by atoms with van der Waals surface area (Å²) in [5.74, 6) is 0. The molecule has 0 spiro atoms. The molecule has 14 heavy (non-hydrogen) atoms. The Morgan fingerprint density at radius 1 is 1.71 bits per heavy atom.